The lowest BCUT2D eigenvalue weighted by atomic mass is 9.91. The topological polar surface area (TPSA) is 53.2 Å². The Hall–Kier alpha value is -0.770. The Morgan fingerprint density at radius 3 is 2.29 bits per heavy atom. The number of carbonyl (C=O) groups is 1. The van der Waals surface area contributed by atoms with Crippen LogP contribution in [0, 0.1) is 0 Å². The highest BCUT2D eigenvalue weighted by Gasteiger charge is 2.21. The van der Waals surface area contributed by atoms with Gasteiger partial charge in [0.05, 0.1) is 0 Å². The molecule has 4 nitrogen and oxygen atoms in total. The van der Waals surface area contributed by atoms with Crippen LogP contribution in [0.15, 0.2) is 0 Å². The van der Waals surface area contributed by atoms with Crippen molar-refractivity contribution in [2.24, 2.45) is 0 Å². The van der Waals surface area contributed by atoms with Crippen LogP contribution in [0.4, 0.5) is 4.79 Å². The number of urea groups is 1. The molecule has 0 aliphatic heterocycles. The average Bonchev–Trinajstić information content (AvgIpc) is 2.27. The molecular weight excluding hydrogens is 214 g/mol. The van der Waals surface area contributed by atoms with Crippen LogP contribution in [0.5, 0.6) is 0 Å². The Balaban J connectivity index is 2.16. The molecule has 0 heterocycles. The molecule has 100 valence electrons. The van der Waals surface area contributed by atoms with Crippen LogP contribution in [0.2, 0.25) is 0 Å². The second kappa shape index (κ2) is 7.54. The predicted octanol–water partition coefficient (Wildman–Crippen LogP) is 2.00. The SMILES string of the molecule is CCCNC1CCC(NC(=O)NC(C)C)CC1. The molecule has 0 atom stereocenters. The minimum Gasteiger partial charge on any atom is -0.336 e. The van der Waals surface area contributed by atoms with Crippen molar-refractivity contribution < 1.29 is 4.79 Å². The van der Waals surface area contributed by atoms with Gasteiger partial charge in [-0.25, -0.2) is 4.79 Å². The molecule has 1 fully saturated rings. The summed E-state index contributed by atoms with van der Waals surface area (Å²) in [4.78, 5) is 11.5. The van der Waals surface area contributed by atoms with E-state index in [0.29, 0.717) is 12.1 Å². The van der Waals surface area contributed by atoms with Gasteiger partial charge in [0.25, 0.3) is 0 Å². The van der Waals surface area contributed by atoms with Gasteiger partial charge in [-0.2, -0.15) is 0 Å². The average molecular weight is 241 g/mol. The monoisotopic (exact) mass is 241 g/mol. The van der Waals surface area contributed by atoms with E-state index in [1.54, 1.807) is 0 Å². The molecule has 0 saturated heterocycles. The Labute approximate surface area is 105 Å². The van der Waals surface area contributed by atoms with Crippen molar-refractivity contribution in [3.8, 4) is 0 Å². The molecule has 0 aromatic carbocycles. The zero-order chi connectivity index (χ0) is 12.7. The number of rotatable bonds is 5. The van der Waals surface area contributed by atoms with Crippen LogP contribution >= 0.6 is 0 Å². The van der Waals surface area contributed by atoms with Crippen molar-refractivity contribution in [2.75, 3.05) is 6.54 Å². The summed E-state index contributed by atoms with van der Waals surface area (Å²) in [7, 11) is 0. The van der Waals surface area contributed by atoms with Crippen LogP contribution in [-0.4, -0.2) is 30.7 Å². The number of hydrogen-bond acceptors (Lipinski definition) is 2. The van der Waals surface area contributed by atoms with Gasteiger partial charge in [-0.1, -0.05) is 6.92 Å². The third kappa shape index (κ3) is 5.91. The normalized spacial score (nSPS) is 24.7. The molecule has 0 spiro atoms. The second-order valence-corrected chi connectivity index (χ2v) is 5.28. The molecule has 17 heavy (non-hydrogen) atoms. The quantitative estimate of drug-likeness (QED) is 0.689. The highest BCUT2D eigenvalue weighted by molar-refractivity contribution is 5.74. The van der Waals surface area contributed by atoms with Gasteiger partial charge in [0.1, 0.15) is 0 Å². The molecule has 0 aromatic heterocycles. The fourth-order valence-corrected chi connectivity index (χ4v) is 2.28. The molecule has 0 unspecified atom stereocenters. The van der Waals surface area contributed by atoms with Crippen molar-refractivity contribution in [1.82, 2.24) is 16.0 Å². The molecule has 0 bridgehead atoms. The maximum atomic E-state index is 11.5. The summed E-state index contributed by atoms with van der Waals surface area (Å²) in [6, 6.07) is 1.19. The van der Waals surface area contributed by atoms with Crippen LogP contribution < -0.4 is 16.0 Å². The molecular formula is C13H27N3O. The van der Waals surface area contributed by atoms with E-state index >= 15 is 0 Å². The Morgan fingerprint density at radius 1 is 1.18 bits per heavy atom. The molecule has 2 amide bonds. The molecule has 1 aliphatic rings. The number of carbonyl (C=O) groups excluding carboxylic acids is 1. The summed E-state index contributed by atoms with van der Waals surface area (Å²) < 4.78 is 0. The largest absolute Gasteiger partial charge is 0.336 e. The van der Waals surface area contributed by atoms with Crippen LogP contribution in [0.25, 0.3) is 0 Å². The third-order valence-electron chi connectivity index (χ3n) is 3.17. The van der Waals surface area contributed by atoms with Gasteiger partial charge in [-0.05, 0) is 52.5 Å². The van der Waals surface area contributed by atoms with E-state index in [9.17, 15) is 4.79 Å². The van der Waals surface area contributed by atoms with Gasteiger partial charge in [-0.3, -0.25) is 0 Å². The van der Waals surface area contributed by atoms with Crippen molar-refractivity contribution >= 4 is 6.03 Å². The number of amides is 2. The van der Waals surface area contributed by atoms with Gasteiger partial charge in [0, 0.05) is 18.1 Å². The smallest absolute Gasteiger partial charge is 0.315 e. The zero-order valence-electron chi connectivity index (χ0n) is 11.4. The highest BCUT2D eigenvalue weighted by Crippen LogP contribution is 2.18. The maximum absolute atomic E-state index is 11.5. The van der Waals surface area contributed by atoms with Gasteiger partial charge in [0.15, 0.2) is 0 Å². The van der Waals surface area contributed by atoms with E-state index in [1.165, 1.54) is 19.3 Å². The van der Waals surface area contributed by atoms with Gasteiger partial charge in [0.2, 0.25) is 0 Å². The lowest BCUT2D eigenvalue weighted by Crippen LogP contribution is -2.47. The van der Waals surface area contributed by atoms with Gasteiger partial charge < -0.3 is 16.0 Å². The van der Waals surface area contributed by atoms with Crippen molar-refractivity contribution in [3.05, 3.63) is 0 Å². The fraction of sp³-hybridized carbons (Fsp3) is 0.923. The lowest BCUT2D eigenvalue weighted by molar-refractivity contribution is 0.227. The second-order valence-electron chi connectivity index (χ2n) is 5.28. The first-order valence-electron chi connectivity index (χ1n) is 6.92. The van der Waals surface area contributed by atoms with Crippen molar-refractivity contribution in [3.63, 3.8) is 0 Å². The van der Waals surface area contributed by atoms with Crippen molar-refractivity contribution in [1.29, 1.82) is 0 Å². The summed E-state index contributed by atoms with van der Waals surface area (Å²) in [6.07, 6.45) is 5.72. The van der Waals surface area contributed by atoms with Crippen molar-refractivity contribution in [2.45, 2.75) is 71.0 Å². The summed E-state index contributed by atoms with van der Waals surface area (Å²) in [5, 5.41) is 9.47. The number of hydrogen-bond donors (Lipinski definition) is 3. The first-order valence-corrected chi connectivity index (χ1v) is 6.92. The summed E-state index contributed by atoms with van der Waals surface area (Å²) in [5.74, 6) is 0. The standard InChI is InChI=1S/C13H27N3O/c1-4-9-14-11-5-7-12(8-6-11)16-13(17)15-10(2)3/h10-12,14H,4-9H2,1-3H3,(H2,15,16,17). The Kier molecular flexibility index (Phi) is 6.34. The minimum atomic E-state index is -0.0232. The van der Waals surface area contributed by atoms with Gasteiger partial charge >= 0.3 is 6.03 Å². The van der Waals surface area contributed by atoms with E-state index in [0.717, 1.165) is 19.4 Å². The first-order chi connectivity index (χ1) is 8.11. The minimum absolute atomic E-state index is 0.0232. The lowest BCUT2D eigenvalue weighted by Gasteiger charge is -2.30. The fourth-order valence-electron chi connectivity index (χ4n) is 2.28. The maximum Gasteiger partial charge on any atom is 0.315 e. The van der Waals surface area contributed by atoms with Crippen LogP contribution in [-0.2, 0) is 0 Å². The Morgan fingerprint density at radius 2 is 1.76 bits per heavy atom. The van der Waals surface area contributed by atoms with Gasteiger partial charge in [-0.15, -0.1) is 0 Å². The van der Waals surface area contributed by atoms with E-state index in [4.69, 9.17) is 0 Å². The van der Waals surface area contributed by atoms with Crippen LogP contribution in [0.3, 0.4) is 0 Å². The Bertz CT molecular complexity index is 223. The molecule has 1 aliphatic carbocycles. The molecule has 3 N–H and O–H groups in total. The first kappa shape index (κ1) is 14.3. The summed E-state index contributed by atoms with van der Waals surface area (Å²) in [5.41, 5.74) is 0. The zero-order valence-corrected chi connectivity index (χ0v) is 11.4. The van der Waals surface area contributed by atoms with E-state index in [1.807, 2.05) is 13.8 Å². The molecule has 0 radical (unpaired) electrons. The summed E-state index contributed by atoms with van der Waals surface area (Å²) >= 11 is 0. The molecule has 4 heteroatoms. The highest BCUT2D eigenvalue weighted by atomic mass is 16.2. The van der Waals surface area contributed by atoms with Crippen LogP contribution in [0.1, 0.15) is 52.9 Å². The molecule has 0 aromatic rings. The summed E-state index contributed by atoms with van der Waals surface area (Å²) in [6.45, 7) is 7.25. The van der Waals surface area contributed by atoms with E-state index < -0.39 is 0 Å². The molecule has 1 saturated carbocycles. The predicted molar refractivity (Wildman–Crippen MR) is 71.1 cm³/mol. The molecule has 1 rings (SSSR count). The third-order valence-corrected chi connectivity index (χ3v) is 3.17. The van der Waals surface area contributed by atoms with E-state index in [2.05, 4.69) is 22.9 Å². The van der Waals surface area contributed by atoms with E-state index in [-0.39, 0.29) is 12.1 Å². The number of nitrogens with one attached hydrogen (secondary N) is 3.